The summed E-state index contributed by atoms with van der Waals surface area (Å²) in [5, 5.41) is 3.50. The monoisotopic (exact) mass is 406 g/mol. The number of anilines is 1. The summed E-state index contributed by atoms with van der Waals surface area (Å²) in [7, 11) is 0. The molecular formula is C20H20Cl2N2O3. The van der Waals surface area contributed by atoms with Crippen molar-refractivity contribution in [1.29, 1.82) is 0 Å². The van der Waals surface area contributed by atoms with Crippen LogP contribution in [0.5, 0.6) is 0 Å². The summed E-state index contributed by atoms with van der Waals surface area (Å²) < 4.78 is 0. The smallest absolute Gasteiger partial charge is 0.247 e. The molecule has 0 radical (unpaired) electrons. The Balaban J connectivity index is 1.58. The number of halogens is 2. The molecule has 0 unspecified atom stereocenters. The molecule has 2 bridgehead atoms. The highest BCUT2D eigenvalue weighted by atomic mass is 35.5. The minimum Gasteiger partial charge on any atom is -0.323 e. The number of hydrogen-bond acceptors (Lipinski definition) is 3. The Morgan fingerprint density at radius 3 is 2.22 bits per heavy atom. The Morgan fingerprint density at radius 2 is 1.74 bits per heavy atom. The zero-order chi connectivity index (χ0) is 19.3. The molecule has 5 rings (SSSR count). The van der Waals surface area contributed by atoms with E-state index in [1.54, 1.807) is 19.1 Å². The van der Waals surface area contributed by atoms with E-state index in [0.717, 1.165) is 12.8 Å². The first-order valence-corrected chi connectivity index (χ1v) is 9.99. The van der Waals surface area contributed by atoms with Crippen LogP contribution in [0.2, 0.25) is 10.0 Å². The van der Waals surface area contributed by atoms with Gasteiger partial charge >= 0.3 is 0 Å². The number of rotatable bonds is 4. The van der Waals surface area contributed by atoms with Gasteiger partial charge in [0.25, 0.3) is 0 Å². The van der Waals surface area contributed by atoms with Crippen LogP contribution < -0.4 is 5.32 Å². The Labute approximate surface area is 167 Å². The van der Waals surface area contributed by atoms with E-state index in [2.05, 4.69) is 17.5 Å². The summed E-state index contributed by atoms with van der Waals surface area (Å²) in [5.41, 5.74) is 0.405. The lowest BCUT2D eigenvalue weighted by Crippen LogP contribution is -2.47. The molecule has 1 saturated heterocycles. The molecule has 1 aliphatic heterocycles. The van der Waals surface area contributed by atoms with Gasteiger partial charge in [0.15, 0.2) is 0 Å². The molecule has 27 heavy (non-hydrogen) atoms. The van der Waals surface area contributed by atoms with Crippen LogP contribution in [0.4, 0.5) is 5.69 Å². The van der Waals surface area contributed by atoms with Gasteiger partial charge in [-0.2, -0.15) is 0 Å². The number of carbonyl (C=O) groups is 3. The van der Waals surface area contributed by atoms with Gasteiger partial charge < -0.3 is 5.32 Å². The lowest BCUT2D eigenvalue weighted by atomic mass is 9.63. The van der Waals surface area contributed by atoms with Gasteiger partial charge in [-0.25, -0.2) is 0 Å². The molecule has 5 nitrogen and oxygen atoms in total. The first-order valence-electron chi connectivity index (χ1n) is 9.23. The van der Waals surface area contributed by atoms with Gasteiger partial charge in [-0.15, -0.1) is 0 Å². The topological polar surface area (TPSA) is 66.5 Å². The summed E-state index contributed by atoms with van der Waals surface area (Å²) in [5.74, 6) is -1.27. The fourth-order valence-corrected chi connectivity index (χ4v) is 5.15. The van der Waals surface area contributed by atoms with E-state index in [1.165, 1.54) is 11.0 Å². The molecule has 7 heteroatoms. The number of carbonyl (C=O) groups excluding carboxylic acids is 3. The number of nitrogens with zero attached hydrogens (tertiary/aromatic N) is 1. The second kappa shape index (κ2) is 6.95. The van der Waals surface area contributed by atoms with Crippen LogP contribution in [0.3, 0.4) is 0 Å². The summed E-state index contributed by atoms with van der Waals surface area (Å²) in [4.78, 5) is 40.2. The Bertz CT molecular complexity index is 822. The minimum atomic E-state index is -0.846. The quantitative estimate of drug-likeness (QED) is 0.608. The van der Waals surface area contributed by atoms with Crippen LogP contribution in [-0.4, -0.2) is 28.7 Å². The lowest BCUT2D eigenvalue weighted by molar-refractivity contribution is -0.146. The normalized spacial score (nSPS) is 29.8. The largest absolute Gasteiger partial charge is 0.323 e. The third-order valence-electron chi connectivity index (χ3n) is 5.98. The minimum absolute atomic E-state index is 0.104. The zero-order valence-electron chi connectivity index (χ0n) is 14.8. The van der Waals surface area contributed by atoms with E-state index in [-0.39, 0.29) is 35.5 Å². The maximum absolute atomic E-state index is 13.1. The van der Waals surface area contributed by atoms with Crippen molar-refractivity contribution >= 4 is 46.6 Å². The third kappa shape index (κ3) is 2.97. The van der Waals surface area contributed by atoms with E-state index in [4.69, 9.17) is 23.2 Å². The summed E-state index contributed by atoms with van der Waals surface area (Å²) in [6.45, 7) is 1.79. The molecule has 142 valence electrons. The average molecular weight is 407 g/mol. The molecule has 5 atom stereocenters. The molecule has 1 aromatic rings. The van der Waals surface area contributed by atoms with Crippen LogP contribution in [-0.2, 0) is 14.4 Å². The van der Waals surface area contributed by atoms with Gasteiger partial charge in [0, 0.05) is 5.02 Å². The van der Waals surface area contributed by atoms with Crippen molar-refractivity contribution in [2.45, 2.75) is 32.2 Å². The first-order chi connectivity index (χ1) is 12.9. The molecule has 4 aliphatic rings. The average Bonchev–Trinajstić information content (AvgIpc) is 2.93. The number of imide groups is 1. The number of amides is 3. The number of hydrogen-bond donors (Lipinski definition) is 1. The number of likely N-dealkylation sites (tertiary alicyclic amines) is 1. The van der Waals surface area contributed by atoms with E-state index < -0.39 is 11.9 Å². The lowest BCUT2D eigenvalue weighted by Gasteiger charge is -2.38. The molecular weight excluding hydrogens is 387 g/mol. The standard InChI is InChI=1S/C20H20Cl2N2O3/c1-2-15(18(25)23-14-8-7-12(21)9-13(14)22)24-19(26)16-10-3-4-11(6-5-10)17(16)20(24)27/h3-4,7-11,15-17H,2,5-6H2,1H3,(H,23,25)/t10-,11-,15+,16+,17+/m0/s1. The van der Waals surface area contributed by atoms with Crippen molar-refractivity contribution in [3.63, 3.8) is 0 Å². The van der Waals surface area contributed by atoms with Crippen LogP contribution in [0, 0.1) is 23.7 Å². The third-order valence-corrected chi connectivity index (χ3v) is 6.53. The van der Waals surface area contributed by atoms with Crippen molar-refractivity contribution in [2.75, 3.05) is 5.32 Å². The Morgan fingerprint density at radius 1 is 1.15 bits per heavy atom. The molecule has 2 fully saturated rings. The zero-order valence-corrected chi connectivity index (χ0v) is 16.3. The van der Waals surface area contributed by atoms with Gasteiger partial charge in [-0.3, -0.25) is 19.3 Å². The van der Waals surface area contributed by atoms with Crippen molar-refractivity contribution in [1.82, 2.24) is 4.90 Å². The Kier molecular flexibility index (Phi) is 4.77. The second-order valence-corrected chi connectivity index (χ2v) is 8.27. The van der Waals surface area contributed by atoms with Gasteiger partial charge in [-0.05, 0) is 49.3 Å². The van der Waals surface area contributed by atoms with Crippen molar-refractivity contribution in [3.8, 4) is 0 Å². The maximum atomic E-state index is 13.1. The maximum Gasteiger partial charge on any atom is 0.247 e. The van der Waals surface area contributed by atoms with E-state index in [1.807, 2.05) is 0 Å². The molecule has 3 amide bonds. The highest BCUT2D eigenvalue weighted by molar-refractivity contribution is 6.36. The van der Waals surface area contributed by atoms with Gasteiger partial charge in [0.2, 0.25) is 17.7 Å². The number of fused-ring (bicyclic) bond motifs is 1. The molecule has 1 N–H and O–H groups in total. The van der Waals surface area contributed by atoms with Crippen LogP contribution >= 0.6 is 23.2 Å². The van der Waals surface area contributed by atoms with Gasteiger partial charge in [0.1, 0.15) is 6.04 Å². The SMILES string of the molecule is CC[C@H](C(=O)Nc1ccc(Cl)cc1Cl)N1C(=O)[C@H]2[C@H](C1=O)[C@H]1C=C[C@H]2CC1. The van der Waals surface area contributed by atoms with E-state index in [9.17, 15) is 14.4 Å². The van der Waals surface area contributed by atoms with Crippen molar-refractivity contribution in [2.24, 2.45) is 23.7 Å². The molecule has 1 saturated carbocycles. The highest BCUT2D eigenvalue weighted by Crippen LogP contribution is 2.50. The summed E-state index contributed by atoms with van der Waals surface area (Å²) in [6.07, 6.45) is 6.34. The second-order valence-electron chi connectivity index (χ2n) is 7.43. The van der Waals surface area contributed by atoms with Crippen molar-refractivity contribution in [3.05, 3.63) is 40.4 Å². The number of nitrogens with one attached hydrogen (secondary N) is 1. The number of allylic oxidation sites excluding steroid dienone is 2. The fraction of sp³-hybridized carbons (Fsp3) is 0.450. The van der Waals surface area contributed by atoms with Gasteiger partial charge in [-0.1, -0.05) is 42.3 Å². The van der Waals surface area contributed by atoms with Crippen molar-refractivity contribution < 1.29 is 14.4 Å². The molecule has 1 aromatic carbocycles. The molecule has 3 aliphatic carbocycles. The molecule has 1 heterocycles. The van der Waals surface area contributed by atoms with Crippen LogP contribution in [0.1, 0.15) is 26.2 Å². The van der Waals surface area contributed by atoms with Crippen LogP contribution in [0.25, 0.3) is 0 Å². The Hall–Kier alpha value is -1.85. The van der Waals surface area contributed by atoms with E-state index >= 15 is 0 Å². The predicted octanol–water partition coefficient (Wildman–Crippen LogP) is 3.91. The summed E-state index contributed by atoms with van der Waals surface area (Å²) >= 11 is 12.0. The van der Waals surface area contributed by atoms with Crippen LogP contribution in [0.15, 0.2) is 30.4 Å². The fourth-order valence-electron chi connectivity index (χ4n) is 4.70. The highest BCUT2D eigenvalue weighted by Gasteiger charge is 2.58. The molecule has 0 spiro atoms. The predicted molar refractivity (Wildman–Crippen MR) is 103 cm³/mol. The molecule has 0 aromatic heterocycles. The number of benzene rings is 1. The first kappa shape index (κ1) is 18.5. The van der Waals surface area contributed by atoms with E-state index in [0.29, 0.717) is 22.2 Å². The van der Waals surface area contributed by atoms with Gasteiger partial charge in [0.05, 0.1) is 22.5 Å². The summed E-state index contributed by atoms with van der Waals surface area (Å²) in [6, 6.07) is 3.91.